The van der Waals surface area contributed by atoms with Gasteiger partial charge in [0.05, 0.1) is 5.41 Å². The fourth-order valence-corrected chi connectivity index (χ4v) is 6.06. The average molecular weight is 388 g/mol. The second-order valence-electron chi connectivity index (χ2n) is 9.44. The summed E-state index contributed by atoms with van der Waals surface area (Å²) in [5.41, 5.74) is 0.577. The van der Waals surface area contributed by atoms with Crippen LogP contribution in [0, 0.1) is 5.41 Å². The van der Waals surface area contributed by atoms with Crippen LogP contribution in [-0.2, 0) is 9.59 Å². The monoisotopic (exact) mass is 387 g/mol. The van der Waals surface area contributed by atoms with Crippen LogP contribution in [0.25, 0.3) is 0 Å². The molecule has 28 heavy (non-hydrogen) atoms. The van der Waals surface area contributed by atoms with Crippen molar-refractivity contribution in [3.8, 4) is 0 Å². The minimum atomic E-state index is -0.458. The maximum absolute atomic E-state index is 13.3. The standard InChI is InChI=1S/C23H37N3O2/c1-25(18-8-3-2-4-9-18)17-16-24-22(28)23-14-7-12-20(23)26(21(27)13-15-23)19-10-5-6-11-19/h12,18-19H,2-11,13-17H2,1H3,(H,24,28). The van der Waals surface area contributed by atoms with Gasteiger partial charge < -0.3 is 15.1 Å². The Labute approximate surface area is 169 Å². The van der Waals surface area contributed by atoms with Gasteiger partial charge >= 0.3 is 0 Å². The van der Waals surface area contributed by atoms with Gasteiger partial charge in [-0.2, -0.15) is 0 Å². The normalized spacial score (nSPS) is 29.3. The minimum absolute atomic E-state index is 0.156. The summed E-state index contributed by atoms with van der Waals surface area (Å²) in [4.78, 5) is 30.5. The largest absolute Gasteiger partial charge is 0.354 e. The predicted molar refractivity (Wildman–Crippen MR) is 111 cm³/mol. The molecular weight excluding hydrogens is 350 g/mol. The van der Waals surface area contributed by atoms with Crippen LogP contribution in [0.4, 0.5) is 0 Å². The Morgan fingerprint density at radius 1 is 1.14 bits per heavy atom. The number of rotatable bonds is 6. The Morgan fingerprint density at radius 2 is 1.86 bits per heavy atom. The highest BCUT2D eigenvalue weighted by atomic mass is 16.2. The van der Waals surface area contributed by atoms with E-state index in [0.717, 1.165) is 37.9 Å². The summed E-state index contributed by atoms with van der Waals surface area (Å²) in [6.07, 6.45) is 16.4. The smallest absolute Gasteiger partial charge is 0.232 e. The number of likely N-dealkylation sites (tertiary alicyclic amines) is 1. The SMILES string of the molecule is CN(CCNC(=O)C12CCC=C1N(C1CCCC1)C(=O)CC2)C1CCCCC1. The molecule has 1 heterocycles. The van der Waals surface area contributed by atoms with E-state index in [1.165, 1.54) is 44.9 Å². The number of nitrogens with zero attached hydrogens (tertiary/aromatic N) is 2. The molecule has 2 amide bonds. The average Bonchev–Trinajstić information content (AvgIpc) is 3.39. The van der Waals surface area contributed by atoms with E-state index in [1.54, 1.807) is 0 Å². The molecule has 5 nitrogen and oxygen atoms in total. The van der Waals surface area contributed by atoms with Gasteiger partial charge in [0.15, 0.2) is 0 Å². The summed E-state index contributed by atoms with van der Waals surface area (Å²) in [5, 5.41) is 3.25. The first-order valence-corrected chi connectivity index (χ1v) is 11.6. The Hall–Kier alpha value is -1.36. The molecule has 0 aromatic heterocycles. The molecule has 1 N–H and O–H groups in total. The van der Waals surface area contributed by atoms with Crippen molar-refractivity contribution in [3.63, 3.8) is 0 Å². The lowest BCUT2D eigenvalue weighted by atomic mass is 9.75. The van der Waals surface area contributed by atoms with Crippen LogP contribution >= 0.6 is 0 Å². The topological polar surface area (TPSA) is 52.7 Å². The highest BCUT2D eigenvalue weighted by Crippen LogP contribution is 2.50. The number of hydrogen-bond acceptors (Lipinski definition) is 3. The molecule has 0 radical (unpaired) electrons. The summed E-state index contributed by atoms with van der Waals surface area (Å²) in [7, 11) is 2.20. The van der Waals surface area contributed by atoms with E-state index in [2.05, 4.69) is 23.3 Å². The summed E-state index contributed by atoms with van der Waals surface area (Å²) < 4.78 is 0. The Balaban J connectivity index is 1.37. The van der Waals surface area contributed by atoms with Gasteiger partial charge in [0.2, 0.25) is 11.8 Å². The van der Waals surface area contributed by atoms with Gasteiger partial charge in [-0.3, -0.25) is 9.59 Å². The second kappa shape index (κ2) is 8.56. The fourth-order valence-electron chi connectivity index (χ4n) is 6.06. The molecule has 4 aliphatic rings. The first-order valence-electron chi connectivity index (χ1n) is 11.6. The molecule has 1 saturated heterocycles. The van der Waals surface area contributed by atoms with Crippen LogP contribution < -0.4 is 5.32 Å². The number of hydrogen-bond donors (Lipinski definition) is 1. The summed E-state index contributed by atoms with van der Waals surface area (Å²) in [5.74, 6) is 0.393. The quantitative estimate of drug-likeness (QED) is 0.758. The van der Waals surface area contributed by atoms with Crippen molar-refractivity contribution in [3.05, 3.63) is 11.8 Å². The number of likely N-dealkylation sites (N-methyl/N-ethyl adjacent to an activating group) is 1. The molecule has 0 aromatic carbocycles. The number of carbonyl (C=O) groups is 2. The third-order valence-electron chi connectivity index (χ3n) is 7.77. The van der Waals surface area contributed by atoms with Crippen LogP contribution in [0.3, 0.4) is 0 Å². The molecule has 0 spiro atoms. The van der Waals surface area contributed by atoms with Gasteiger partial charge in [-0.1, -0.05) is 38.2 Å². The van der Waals surface area contributed by atoms with Crippen molar-refractivity contribution in [2.24, 2.45) is 5.41 Å². The molecule has 1 atom stereocenters. The number of fused-ring (bicyclic) bond motifs is 1. The lowest BCUT2D eigenvalue weighted by molar-refractivity contribution is -0.141. The summed E-state index contributed by atoms with van der Waals surface area (Å²) in [6.45, 7) is 1.62. The maximum atomic E-state index is 13.3. The molecule has 3 fully saturated rings. The van der Waals surface area contributed by atoms with Crippen LogP contribution in [0.1, 0.15) is 83.5 Å². The van der Waals surface area contributed by atoms with E-state index < -0.39 is 5.41 Å². The van der Waals surface area contributed by atoms with Crippen molar-refractivity contribution in [1.29, 1.82) is 0 Å². The van der Waals surface area contributed by atoms with Crippen molar-refractivity contribution < 1.29 is 9.59 Å². The molecular formula is C23H37N3O2. The van der Waals surface area contributed by atoms with Crippen molar-refractivity contribution in [2.45, 2.75) is 95.6 Å². The van der Waals surface area contributed by atoms with E-state index in [4.69, 9.17) is 0 Å². The number of amides is 2. The first-order chi connectivity index (χ1) is 13.6. The van der Waals surface area contributed by atoms with E-state index in [9.17, 15) is 9.59 Å². The van der Waals surface area contributed by atoms with Crippen molar-refractivity contribution >= 4 is 11.8 Å². The molecule has 5 heteroatoms. The molecule has 0 bridgehead atoms. The van der Waals surface area contributed by atoms with Crippen molar-refractivity contribution in [2.75, 3.05) is 20.1 Å². The van der Waals surface area contributed by atoms with Gasteiger partial charge in [-0.15, -0.1) is 0 Å². The van der Waals surface area contributed by atoms with Gasteiger partial charge in [0.25, 0.3) is 0 Å². The molecule has 4 rings (SSSR count). The molecule has 1 unspecified atom stereocenters. The van der Waals surface area contributed by atoms with Crippen molar-refractivity contribution in [1.82, 2.24) is 15.1 Å². The second-order valence-corrected chi connectivity index (χ2v) is 9.44. The third kappa shape index (κ3) is 3.74. The van der Waals surface area contributed by atoms with E-state index >= 15 is 0 Å². The fraction of sp³-hybridized carbons (Fsp3) is 0.826. The van der Waals surface area contributed by atoms with Crippen LogP contribution in [0.5, 0.6) is 0 Å². The zero-order valence-corrected chi connectivity index (χ0v) is 17.5. The van der Waals surface area contributed by atoms with Crippen LogP contribution in [-0.4, -0.2) is 53.8 Å². The van der Waals surface area contributed by atoms with E-state index in [1.807, 2.05) is 4.90 Å². The Kier molecular flexibility index (Phi) is 6.10. The van der Waals surface area contributed by atoms with Crippen LogP contribution in [0.2, 0.25) is 0 Å². The van der Waals surface area contributed by atoms with Gasteiger partial charge in [0.1, 0.15) is 0 Å². The molecule has 156 valence electrons. The number of piperidine rings is 1. The van der Waals surface area contributed by atoms with Gasteiger partial charge in [-0.25, -0.2) is 0 Å². The lowest BCUT2D eigenvalue weighted by Gasteiger charge is -2.44. The third-order valence-corrected chi connectivity index (χ3v) is 7.77. The highest BCUT2D eigenvalue weighted by Gasteiger charge is 2.52. The lowest BCUT2D eigenvalue weighted by Crippen LogP contribution is -2.53. The van der Waals surface area contributed by atoms with E-state index in [-0.39, 0.29) is 11.8 Å². The summed E-state index contributed by atoms with van der Waals surface area (Å²) >= 11 is 0. The number of carbonyl (C=O) groups excluding carboxylic acids is 2. The zero-order chi connectivity index (χ0) is 19.6. The van der Waals surface area contributed by atoms with Gasteiger partial charge in [-0.05, 0) is 52.0 Å². The minimum Gasteiger partial charge on any atom is -0.354 e. The highest BCUT2D eigenvalue weighted by molar-refractivity contribution is 5.91. The Morgan fingerprint density at radius 3 is 2.61 bits per heavy atom. The van der Waals surface area contributed by atoms with Crippen LogP contribution in [0.15, 0.2) is 11.8 Å². The maximum Gasteiger partial charge on any atom is 0.232 e. The molecule has 2 saturated carbocycles. The first kappa shape index (κ1) is 19.9. The predicted octanol–water partition coefficient (Wildman–Crippen LogP) is 3.60. The number of nitrogens with one attached hydrogen (secondary N) is 1. The molecule has 0 aromatic rings. The van der Waals surface area contributed by atoms with Gasteiger partial charge in [0, 0.05) is 37.3 Å². The Bertz CT molecular complexity index is 619. The summed E-state index contributed by atoms with van der Waals surface area (Å²) in [6, 6.07) is 0.998. The zero-order valence-electron chi connectivity index (χ0n) is 17.5. The molecule has 3 aliphatic carbocycles. The van der Waals surface area contributed by atoms with E-state index in [0.29, 0.717) is 31.5 Å². The molecule has 1 aliphatic heterocycles. The number of allylic oxidation sites excluding steroid dienone is 1.